The van der Waals surface area contributed by atoms with Crippen LogP contribution in [-0.4, -0.2) is 43.4 Å². The van der Waals surface area contributed by atoms with Gasteiger partial charge in [-0.3, -0.25) is 9.79 Å². The van der Waals surface area contributed by atoms with E-state index in [0.717, 1.165) is 19.0 Å². The second-order valence-corrected chi connectivity index (χ2v) is 6.48. The fraction of sp³-hybridized carbons (Fsp3) is 0.529. The summed E-state index contributed by atoms with van der Waals surface area (Å²) in [5.41, 5.74) is 1.08. The molecule has 1 saturated heterocycles. The Bertz CT molecular complexity index is 595. The van der Waals surface area contributed by atoms with Crippen molar-refractivity contribution in [2.24, 2.45) is 10.4 Å². The number of guanidine groups is 1. The number of carbonyl (C=O) groups excluding carboxylic acids is 1. The minimum atomic E-state index is -0.319. The zero-order valence-corrected chi connectivity index (χ0v) is 13.4. The van der Waals surface area contributed by atoms with Gasteiger partial charge in [0, 0.05) is 25.8 Å². The van der Waals surface area contributed by atoms with E-state index < -0.39 is 0 Å². The number of hydrogen-bond acceptors (Lipinski definition) is 2. The summed E-state index contributed by atoms with van der Waals surface area (Å²) in [6.07, 6.45) is 5.17. The quantitative estimate of drug-likeness (QED) is 0.664. The highest BCUT2D eigenvalue weighted by Gasteiger charge is 2.43. The maximum absolute atomic E-state index is 12.8. The van der Waals surface area contributed by atoms with E-state index in [4.69, 9.17) is 0 Å². The van der Waals surface area contributed by atoms with Crippen molar-refractivity contribution in [3.05, 3.63) is 30.1 Å². The molecule has 1 aliphatic carbocycles. The van der Waals surface area contributed by atoms with Crippen molar-refractivity contribution in [1.82, 2.24) is 10.2 Å². The first kappa shape index (κ1) is 15.8. The van der Waals surface area contributed by atoms with E-state index in [1.165, 1.54) is 37.8 Å². The number of nitrogens with one attached hydrogen (secondary N) is 2. The number of hydrogen-bond donors (Lipinski definition) is 2. The van der Waals surface area contributed by atoms with Crippen molar-refractivity contribution < 1.29 is 9.18 Å². The van der Waals surface area contributed by atoms with Gasteiger partial charge >= 0.3 is 0 Å². The van der Waals surface area contributed by atoms with Gasteiger partial charge in [0.1, 0.15) is 5.82 Å². The smallest absolute Gasteiger partial charge is 0.243 e. The number of nitrogens with zero attached hydrogens (tertiary/aromatic N) is 2. The van der Waals surface area contributed by atoms with Crippen LogP contribution < -0.4 is 10.6 Å². The van der Waals surface area contributed by atoms with Crippen molar-refractivity contribution in [2.45, 2.75) is 25.7 Å². The number of amides is 1. The average molecular weight is 318 g/mol. The molecule has 5 nitrogen and oxygen atoms in total. The van der Waals surface area contributed by atoms with Crippen LogP contribution in [0.2, 0.25) is 0 Å². The minimum absolute atomic E-state index is 0.146. The molecule has 124 valence electrons. The van der Waals surface area contributed by atoms with Crippen LogP contribution in [0.5, 0.6) is 0 Å². The number of carbonyl (C=O) groups is 1. The van der Waals surface area contributed by atoms with Crippen molar-refractivity contribution >= 4 is 17.6 Å². The molecule has 1 amide bonds. The van der Waals surface area contributed by atoms with E-state index in [-0.39, 0.29) is 18.3 Å². The molecule has 6 heteroatoms. The highest BCUT2D eigenvalue weighted by Crippen LogP contribution is 2.47. The van der Waals surface area contributed by atoms with Crippen LogP contribution in [0, 0.1) is 11.2 Å². The summed E-state index contributed by atoms with van der Waals surface area (Å²) in [5, 5.41) is 5.85. The molecule has 0 unspecified atom stereocenters. The van der Waals surface area contributed by atoms with Crippen LogP contribution in [0.4, 0.5) is 10.1 Å². The van der Waals surface area contributed by atoms with Crippen molar-refractivity contribution in [1.29, 1.82) is 0 Å². The van der Waals surface area contributed by atoms with Gasteiger partial charge in [0.15, 0.2) is 5.96 Å². The topological polar surface area (TPSA) is 56.7 Å². The maximum atomic E-state index is 12.8. The molecule has 1 spiro atoms. The lowest BCUT2D eigenvalue weighted by Crippen LogP contribution is -2.44. The first-order chi connectivity index (χ1) is 11.1. The fourth-order valence-electron chi connectivity index (χ4n) is 3.43. The molecular formula is C17H23FN4O. The van der Waals surface area contributed by atoms with Gasteiger partial charge in [-0.05, 0) is 48.9 Å². The second-order valence-electron chi connectivity index (χ2n) is 6.48. The Balaban J connectivity index is 1.48. The van der Waals surface area contributed by atoms with Crippen LogP contribution in [0.25, 0.3) is 0 Å². The number of aliphatic imine (C=N–C) groups is 1. The summed E-state index contributed by atoms with van der Waals surface area (Å²) in [5.74, 6) is 0.291. The number of rotatable bonds is 3. The Morgan fingerprint density at radius 1 is 1.30 bits per heavy atom. The van der Waals surface area contributed by atoms with Crippen LogP contribution in [0.1, 0.15) is 25.7 Å². The first-order valence-electron chi connectivity index (χ1n) is 8.11. The van der Waals surface area contributed by atoms with Gasteiger partial charge in [0.05, 0.1) is 6.54 Å². The summed E-state index contributed by atoms with van der Waals surface area (Å²) >= 11 is 0. The monoisotopic (exact) mass is 318 g/mol. The molecule has 1 aliphatic heterocycles. The molecule has 1 heterocycles. The summed E-state index contributed by atoms with van der Waals surface area (Å²) < 4.78 is 12.8. The third-order valence-electron chi connectivity index (χ3n) is 4.90. The standard InChI is InChI=1S/C17H23FN4O/c1-19-16(22-10-9-17(12-22)7-2-8-17)20-11-15(23)21-14-5-3-13(18)4-6-14/h3-6H,2,7-12H2,1H3,(H,19,20)(H,21,23). The number of anilines is 1. The normalized spacial score (nSPS) is 19.6. The van der Waals surface area contributed by atoms with Crippen molar-refractivity contribution in [3.63, 3.8) is 0 Å². The van der Waals surface area contributed by atoms with E-state index >= 15 is 0 Å². The highest BCUT2D eigenvalue weighted by molar-refractivity contribution is 5.95. The van der Waals surface area contributed by atoms with E-state index in [0.29, 0.717) is 11.1 Å². The van der Waals surface area contributed by atoms with Crippen LogP contribution in [-0.2, 0) is 4.79 Å². The molecule has 2 aliphatic rings. The molecule has 2 N–H and O–H groups in total. The van der Waals surface area contributed by atoms with Gasteiger partial charge in [0.2, 0.25) is 5.91 Å². The zero-order valence-electron chi connectivity index (χ0n) is 13.4. The lowest BCUT2D eigenvalue weighted by atomic mass is 9.68. The highest BCUT2D eigenvalue weighted by atomic mass is 19.1. The lowest BCUT2D eigenvalue weighted by Gasteiger charge is -2.38. The summed E-state index contributed by atoms with van der Waals surface area (Å²) in [7, 11) is 1.74. The minimum Gasteiger partial charge on any atom is -0.347 e. The Morgan fingerprint density at radius 2 is 2.04 bits per heavy atom. The Morgan fingerprint density at radius 3 is 2.61 bits per heavy atom. The molecule has 0 radical (unpaired) electrons. The SMILES string of the molecule is CN=C(NCC(=O)Nc1ccc(F)cc1)N1CCC2(CCC2)C1. The van der Waals surface area contributed by atoms with Gasteiger partial charge in [-0.25, -0.2) is 4.39 Å². The largest absolute Gasteiger partial charge is 0.347 e. The Labute approximate surface area is 136 Å². The second kappa shape index (κ2) is 6.56. The zero-order chi connectivity index (χ0) is 16.3. The van der Waals surface area contributed by atoms with Gasteiger partial charge in [-0.2, -0.15) is 0 Å². The van der Waals surface area contributed by atoms with E-state index in [2.05, 4.69) is 20.5 Å². The molecule has 0 bridgehead atoms. The maximum Gasteiger partial charge on any atom is 0.243 e. The molecular weight excluding hydrogens is 295 g/mol. The molecule has 0 aromatic heterocycles. The van der Waals surface area contributed by atoms with Gasteiger partial charge in [0.25, 0.3) is 0 Å². The molecule has 2 fully saturated rings. The number of likely N-dealkylation sites (tertiary alicyclic amines) is 1. The first-order valence-corrected chi connectivity index (χ1v) is 8.11. The Kier molecular flexibility index (Phi) is 4.50. The van der Waals surface area contributed by atoms with Crippen molar-refractivity contribution in [3.8, 4) is 0 Å². The van der Waals surface area contributed by atoms with Crippen LogP contribution >= 0.6 is 0 Å². The van der Waals surface area contributed by atoms with Crippen LogP contribution in [0.3, 0.4) is 0 Å². The predicted octanol–water partition coefficient (Wildman–Crippen LogP) is 2.22. The van der Waals surface area contributed by atoms with E-state index in [9.17, 15) is 9.18 Å². The summed E-state index contributed by atoms with van der Waals surface area (Å²) in [6.45, 7) is 2.18. The fourth-order valence-corrected chi connectivity index (χ4v) is 3.43. The molecule has 1 aromatic rings. The average Bonchev–Trinajstić information content (AvgIpc) is 2.96. The molecule has 1 saturated carbocycles. The molecule has 3 rings (SSSR count). The third-order valence-corrected chi connectivity index (χ3v) is 4.90. The molecule has 0 atom stereocenters. The van der Waals surface area contributed by atoms with E-state index in [1.54, 1.807) is 19.2 Å². The van der Waals surface area contributed by atoms with Gasteiger partial charge in [-0.1, -0.05) is 6.42 Å². The van der Waals surface area contributed by atoms with Crippen LogP contribution in [0.15, 0.2) is 29.3 Å². The molecule has 1 aromatic carbocycles. The number of benzene rings is 1. The summed E-state index contributed by atoms with van der Waals surface area (Å²) in [4.78, 5) is 18.5. The van der Waals surface area contributed by atoms with Crippen molar-refractivity contribution in [2.75, 3.05) is 32.0 Å². The molecule has 23 heavy (non-hydrogen) atoms. The Hall–Kier alpha value is -2.11. The van der Waals surface area contributed by atoms with Gasteiger partial charge in [-0.15, -0.1) is 0 Å². The summed E-state index contributed by atoms with van der Waals surface area (Å²) in [6, 6.07) is 5.74. The van der Waals surface area contributed by atoms with E-state index in [1.807, 2.05) is 0 Å². The predicted molar refractivity (Wildman–Crippen MR) is 88.9 cm³/mol. The lowest BCUT2D eigenvalue weighted by molar-refractivity contribution is -0.115. The number of halogens is 1. The van der Waals surface area contributed by atoms with Gasteiger partial charge < -0.3 is 15.5 Å². The third kappa shape index (κ3) is 3.63.